The molecule has 0 saturated heterocycles. The fourth-order valence-electron chi connectivity index (χ4n) is 3.47. The van der Waals surface area contributed by atoms with Gasteiger partial charge in [-0.3, -0.25) is 0 Å². The molecule has 0 saturated carbocycles. The lowest BCUT2D eigenvalue weighted by atomic mass is 9.97. The molecule has 0 aromatic heterocycles. The third kappa shape index (κ3) is 7.30. The van der Waals surface area contributed by atoms with Gasteiger partial charge in [0.25, 0.3) is 0 Å². The Labute approximate surface area is 179 Å². The van der Waals surface area contributed by atoms with E-state index in [1.807, 2.05) is 38.0 Å². The number of alkyl halides is 2. The lowest BCUT2D eigenvalue weighted by Gasteiger charge is -2.27. The summed E-state index contributed by atoms with van der Waals surface area (Å²) < 4.78 is 57.6. The maximum atomic E-state index is 13.4. The number of allylic oxidation sites excluding steroid dienone is 1. The van der Waals surface area contributed by atoms with E-state index in [1.54, 1.807) is 22.5 Å². The van der Waals surface area contributed by atoms with E-state index in [2.05, 4.69) is 4.74 Å². The summed E-state index contributed by atoms with van der Waals surface area (Å²) >= 11 is 0. The van der Waals surface area contributed by atoms with E-state index in [1.165, 1.54) is 6.07 Å². The first-order chi connectivity index (χ1) is 14.1. The lowest BCUT2D eigenvalue weighted by molar-refractivity contribution is -0.0498. The first-order valence-electron chi connectivity index (χ1n) is 10.2. The summed E-state index contributed by atoms with van der Waals surface area (Å²) in [6.45, 7) is -0.308. The van der Waals surface area contributed by atoms with Crippen LogP contribution in [-0.4, -0.2) is 83.5 Å². The molecular weight excluding hydrogens is 412 g/mol. The molecule has 1 aromatic rings. The van der Waals surface area contributed by atoms with Crippen molar-refractivity contribution in [3.05, 3.63) is 34.2 Å². The average Bonchev–Trinajstić information content (AvgIpc) is 2.65. The second-order valence-corrected chi connectivity index (χ2v) is 10.1. The summed E-state index contributed by atoms with van der Waals surface area (Å²) in [6.07, 6.45) is 4.01. The summed E-state index contributed by atoms with van der Waals surface area (Å²) in [5, 5.41) is 0. The Morgan fingerprint density at radius 1 is 0.967 bits per heavy atom. The molecule has 1 aliphatic carbocycles. The van der Waals surface area contributed by atoms with Gasteiger partial charge in [-0.15, -0.1) is 0 Å². The van der Waals surface area contributed by atoms with Crippen molar-refractivity contribution < 1.29 is 21.9 Å². The molecule has 0 bridgehead atoms. The van der Waals surface area contributed by atoms with Crippen LogP contribution < -0.4 is 4.74 Å². The fourth-order valence-corrected chi connectivity index (χ4v) is 5.17. The lowest BCUT2D eigenvalue weighted by Crippen LogP contribution is -2.36. The second kappa shape index (κ2) is 11.2. The van der Waals surface area contributed by atoms with Crippen molar-refractivity contribution >= 4 is 16.1 Å². The number of fused-ring (bicyclic) bond motifs is 1. The van der Waals surface area contributed by atoms with Gasteiger partial charge in [-0.25, -0.2) is 8.42 Å². The molecule has 170 valence electrons. The predicted octanol–water partition coefficient (Wildman–Crippen LogP) is 3.11. The van der Waals surface area contributed by atoms with Crippen molar-refractivity contribution in [2.45, 2.75) is 32.3 Å². The van der Waals surface area contributed by atoms with Gasteiger partial charge in [0.15, 0.2) is 0 Å². The minimum atomic E-state index is -3.59. The standard InChI is InChI=1S/C21H33F2N3O3S/c1-24(2)11-5-13-26(14-6-12-25(3)4)30(27,28)20-10-8-17-15-19(29-21(22)23)9-7-18(17)16-20/h7,9,15-16,21H,5-6,8,10-14H2,1-4H3. The molecule has 0 radical (unpaired) electrons. The molecule has 0 heterocycles. The van der Waals surface area contributed by atoms with Crippen LogP contribution in [0.5, 0.6) is 5.75 Å². The normalized spacial score (nSPS) is 14.5. The van der Waals surface area contributed by atoms with Crippen LogP contribution in [0.25, 0.3) is 6.08 Å². The number of ether oxygens (including phenoxy) is 1. The van der Waals surface area contributed by atoms with E-state index in [0.29, 0.717) is 30.8 Å². The summed E-state index contributed by atoms with van der Waals surface area (Å²) in [7, 11) is 4.29. The highest BCUT2D eigenvalue weighted by Crippen LogP contribution is 2.31. The van der Waals surface area contributed by atoms with Gasteiger partial charge in [-0.2, -0.15) is 13.1 Å². The van der Waals surface area contributed by atoms with Crippen molar-refractivity contribution in [1.29, 1.82) is 0 Å². The minimum Gasteiger partial charge on any atom is -0.435 e. The summed E-state index contributed by atoms with van der Waals surface area (Å²) in [4.78, 5) is 4.46. The molecule has 0 atom stereocenters. The molecule has 6 nitrogen and oxygen atoms in total. The third-order valence-corrected chi connectivity index (χ3v) is 7.02. The zero-order chi connectivity index (χ0) is 22.3. The molecule has 0 fully saturated rings. The van der Waals surface area contributed by atoms with Gasteiger partial charge in [0, 0.05) is 13.1 Å². The van der Waals surface area contributed by atoms with E-state index in [-0.39, 0.29) is 5.75 Å². The van der Waals surface area contributed by atoms with E-state index in [4.69, 9.17) is 0 Å². The van der Waals surface area contributed by atoms with Gasteiger partial charge in [-0.1, -0.05) is 6.07 Å². The number of hydrogen-bond donors (Lipinski definition) is 0. The van der Waals surface area contributed by atoms with Crippen molar-refractivity contribution in [2.75, 3.05) is 54.4 Å². The van der Waals surface area contributed by atoms with Crippen LogP contribution in [0.2, 0.25) is 0 Å². The number of benzene rings is 1. The van der Waals surface area contributed by atoms with E-state index >= 15 is 0 Å². The highest BCUT2D eigenvalue weighted by Gasteiger charge is 2.28. The molecule has 9 heteroatoms. The Kier molecular flexibility index (Phi) is 9.21. The monoisotopic (exact) mass is 445 g/mol. The van der Waals surface area contributed by atoms with Crippen molar-refractivity contribution in [3.63, 3.8) is 0 Å². The molecule has 0 spiro atoms. The van der Waals surface area contributed by atoms with Gasteiger partial charge in [0.1, 0.15) is 5.75 Å². The first kappa shape index (κ1) is 24.7. The van der Waals surface area contributed by atoms with Crippen LogP contribution in [0.4, 0.5) is 8.78 Å². The Balaban J connectivity index is 2.20. The summed E-state index contributed by atoms with van der Waals surface area (Å²) in [5.74, 6) is 0.0949. The number of nitrogens with zero attached hydrogens (tertiary/aromatic N) is 3. The SMILES string of the molecule is CN(C)CCCN(CCCN(C)C)S(=O)(=O)C1=Cc2ccc(OC(F)F)cc2CC1. The Hall–Kier alpha value is -1.55. The Morgan fingerprint density at radius 3 is 2.10 bits per heavy atom. The Bertz CT molecular complexity index is 813. The molecule has 2 rings (SSSR count). The molecule has 0 N–H and O–H groups in total. The van der Waals surface area contributed by atoms with Crippen molar-refractivity contribution in [2.24, 2.45) is 0 Å². The number of aryl methyl sites for hydroxylation is 1. The van der Waals surface area contributed by atoms with Crippen LogP contribution in [-0.2, 0) is 16.4 Å². The maximum Gasteiger partial charge on any atom is 0.387 e. The van der Waals surface area contributed by atoms with Gasteiger partial charge in [-0.05, 0) is 96.3 Å². The van der Waals surface area contributed by atoms with Gasteiger partial charge >= 0.3 is 6.61 Å². The highest BCUT2D eigenvalue weighted by atomic mass is 32.2. The number of rotatable bonds is 12. The maximum absolute atomic E-state index is 13.4. The molecule has 0 unspecified atom stereocenters. The largest absolute Gasteiger partial charge is 0.435 e. The summed E-state index contributed by atoms with van der Waals surface area (Å²) in [6, 6.07) is 4.65. The molecule has 1 aliphatic rings. The van der Waals surface area contributed by atoms with E-state index < -0.39 is 16.6 Å². The predicted molar refractivity (Wildman–Crippen MR) is 116 cm³/mol. The number of sulfonamides is 1. The van der Waals surface area contributed by atoms with Gasteiger partial charge < -0.3 is 14.5 Å². The topological polar surface area (TPSA) is 53.1 Å². The van der Waals surface area contributed by atoms with E-state index in [9.17, 15) is 17.2 Å². The van der Waals surface area contributed by atoms with Crippen LogP contribution in [0.1, 0.15) is 30.4 Å². The van der Waals surface area contributed by atoms with Crippen LogP contribution >= 0.6 is 0 Å². The fraction of sp³-hybridized carbons (Fsp3) is 0.619. The smallest absolute Gasteiger partial charge is 0.387 e. The van der Waals surface area contributed by atoms with Crippen LogP contribution in [0.3, 0.4) is 0 Å². The molecule has 0 amide bonds. The number of hydrogen-bond acceptors (Lipinski definition) is 5. The number of halogens is 2. The minimum absolute atomic E-state index is 0.0949. The average molecular weight is 446 g/mol. The van der Waals surface area contributed by atoms with Crippen LogP contribution in [0, 0.1) is 0 Å². The molecule has 1 aromatic carbocycles. The Morgan fingerprint density at radius 2 is 1.57 bits per heavy atom. The second-order valence-electron chi connectivity index (χ2n) is 8.07. The van der Waals surface area contributed by atoms with Crippen molar-refractivity contribution in [3.8, 4) is 5.75 Å². The van der Waals surface area contributed by atoms with E-state index in [0.717, 1.165) is 37.1 Å². The van der Waals surface area contributed by atoms with Gasteiger partial charge in [0.05, 0.1) is 4.91 Å². The molecule has 0 aliphatic heterocycles. The van der Waals surface area contributed by atoms with Crippen molar-refractivity contribution in [1.82, 2.24) is 14.1 Å². The summed E-state index contributed by atoms with van der Waals surface area (Å²) in [5.41, 5.74) is 1.56. The molecular formula is C21H33F2N3O3S. The zero-order valence-electron chi connectivity index (χ0n) is 18.3. The third-order valence-electron chi connectivity index (χ3n) is 4.99. The highest BCUT2D eigenvalue weighted by molar-refractivity contribution is 7.93. The quantitative estimate of drug-likeness (QED) is 0.495. The molecule has 30 heavy (non-hydrogen) atoms. The van der Waals surface area contributed by atoms with Crippen LogP contribution in [0.15, 0.2) is 23.1 Å². The van der Waals surface area contributed by atoms with Gasteiger partial charge in [0.2, 0.25) is 10.0 Å². The zero-order valence-corrected chi connectivity index (χ0v) is 19.1. The first-order valence-corrected chi connectivity index (χ1v) is 11.6.